The molecule has 1 spiro atoms. The van der Waals surface area contributed by atoms with Gasteiger partial charge in [-0.1, -0.05) is 202 Å². The normalized spacial score (nSPS) is 14.3. The molecule has 0 atom stereocenters. The van der Waals surface area contributed by atoms with Gasteiger partial charge in [-0.25, -0.2) is 0 Å². The van der Waals surface area contributed by atoms with Crippen LogP contribution in [0.2, 0.25) is 0 Å². The van der Waals surface area contributed by atoms with Gasteiger partial charge in [-0.3, -0.25) is 0 Å². The molecule has 0 saturated carbocycles. The number of hydrogen-bond acceptors (Lipinski definition) is 1. The second-order valence-corrected chi connectivity index (χ2v) is 20.3. The lowest BCUT2D eigenvalue weighted by Gasteiger charge is -2.36. The largest absolute Gasteiger partial charge is 0.310 e. The van der Waals surface area contributed by atoms with Crippen molar-refractivity contribution >= 4 is 38.6 Å². The highest BCUT2D eigenvalue weighted by molar-refractivity contribution is 6.14. The number of rotatable bonds is 5. The van der Waals surface area contributed by atoms with Crippen molar-refractivity contribution in [3.05, 3.63) is 281 Å². The molecular formula is C69H51N. The van der Waals surface area contributed by atoms with Crippen molar-refractivity contribution < 1.29 is 0 Å². The molecule has 3 aliphatic rings. The van der Waals surface area contributed by atoms with Crippen molar-refractivity contribution in [1.82, 2.24) is 0 Å². The van der Waals surface area contributed by atoms with E-state index >= 15 is 0 Å². The van der Waals surface area contributed by atoms with Crippen LogP contribution in [0.5, 0.6) is 0 Å². The van der Waals surface area contributed by atoms with Gasteiger partial charge in [0.2, 0.25) is 0 Å². The highest BCUT2D eigenvalue weighted by atomic mass is 15.1. The Morgan fingerprint density at radius 3 is 1.56 bits per heavy atom. The summed E-state index contributed by atoms with van der Waals surface area (Å²) in [5.74, 6) is 0. The summed E-state index contributed by atoms with van der Waals surface area (Å²) in [5.41, 5.74) is 25.1. The fourth-order valence-corrected chi connectivity index (χ4v) is 13.2. The van der Waals surface area contributed by atoms with Crippen LogP contribution >= 0.6 is 0 Å². The van der Waals surface area contributed by atoms with Crippen molar-refractivity contribution in [2.75, 3.05) is 4.90 Å². The maximum atomic E-state index is 2.60. The fraction of sp³-hybridized carbons (Fsp3) is 0.101. The lowest BCUT2D eigenvalue weighted by Crippen LogP contribution is -2.30. The summed E-state index contributed by atoms with van der Waals surface area (Å²) in [6.45, 7) is 7.12. The molecule has 0 aromatic heterocycles. The van der Waals surface area contributed by atoms with Gasteiger partial charge in [0.1, 0.15) is 0 Å². The zero-order valence-electron chi connectivity index (χ0n) is 39.8. The smallest absolute Gasteiger partial charge is 0.0719 e. The molecule has 11 aromatic carbocycles. The zero-order chi connectivity index (χ0) is 46.7. The molecule has 11 aromatic rings. The summed E-state index contributed by atoms with van der Waals surface area (Å²) in [6, 6.07) is 87.6. The maximum absolute atomic E-state index is 2.60. The number of fused-ring (bicyclic) bond motifs is 15. The molecule has 0 unspecified atom stereocenters. The summed E-state index contributed by atoms with van der Waals surface area (Å²) in [5, 5.41) is 5.06. The van der Waals surface area contributed by atoms with Crippen LogP contribution < -0.4 is 4.90 Å². The van der Waals surface area contributed by atoms with Crippen LogP contribution in [0.1, 0.15) is 63.9 Å². The molecule has 1 heteroatoms. The van der Waals surface area contributed by atoms with E-state index in [1.54, 1.807) is 0 Å². The standard InChI is InChI=1S/C69H51N/c1-44-39-49(59-40-48-23-7-10-24-52(48)53-25-11-12-26-54(53)59)41-60(45-19-5-4-6-20-45)67(44)70(50-35-37-57-55-27-13-17-31-63(55)68(2,3)65(57)42-50)51-36-38-58-56-28-14-18-32-64(56)69(66(58)43-51)61-29-15-8-21-46(61)33-34-47-22-9-16-30-62(47)69/h4-32,35-43H,33-34H2,1-3H3. The number of hydrogen-bond donors (Lipinski definition) is 0. The van der Waals surface area contributed by atoms with Gasteiger partial charge in [0.25, 0.3) is 0 Å². The van der Waals surface area contributed by atoms with Crippen LogP contribution in [-0.2, 0) is 23.7 Å². The predicted octanol–water partition coefficient (Wildman–Crippen LogP) is 17.9. The van der Waals surface area contributed by atoms with E-state index in [0.717, 1.165) is 24.2 Å². The van der Waals surface area contributed by atoms with Gasteiger partial charge in [-0.2, -0.15) is 0 Å². The Hall–Kier alpha value is -8.26. The van der Waals surface area contributed by atoms with Gasteiger partial charge in [0.15, 0.2) is 0 Å². The monoisotopic (exact) mass is 893 g/mol. The molecule has 0 aliphatic heterocycles. The zero-order valence-corrected chi connectivity index (χ0v) is 39.8. The van der Waals surface area contributed by atoms with Crippen LogP contribution in [0.4, 0.5) is 17.1 Å². The minimum absolute atomic E-state index is 0.177. The van der Waals surface area contributed by atoms with Gasteiger partial charge in [0.05, 0.1) is 11.1 Å². The molecule has 0 heterocycles. The van der Waals surface area contributed by atoms with Crippen LogP contribution in [0, 0.1) is 6.92 Å². The predicted molar refractivity (Wildman–Crippen MR) is 294 cm³/mol. The van der Waals surface area contributed by atoms with E-state index in [1.807, 2.05) is 0 Å². The van der Waals surface area contributed by atoms with Crippen LogP contribution in [-0.4, -0.2) is 0 Å². The Morgan fingerprint density at radius 1 is 0.343 bits per heavy atom. The first-order chi connectivity index (χ1) is 34.4. The highest BCUT2D eigenvalue weighted by Crippen LogP contribution is 2.60. The first kappa shape index (κ1) is 40.8. The third-order valence-electron chi connectivity index (χ3n) is 16.3. The second kappa shape index (κ2) is 15.4. The third kappa shape index (κ3) is 5.79. The number of anilines is 3. The van der Waals surface area contributed by atoms with E-state index in [4.69, 9.17) is 0 Å². The van der Waals surface area contributed by atoms with Crippen molar-refractivity contribution in [3.63, 3.8) is 0 Å². The van der Waals surface area contributed by atoms with Crippen molar-refractivity contribution in [2.24, 2.45) is 0 Å². The first-order valence-electron chi connectivity index (χ1n) is 25.0. The lowest BCUT2D eigenvalue weighted by atomic mass is 9.66. The fourth-order valence-electron chi connectivity index (χ4n) is 13.2. The summed E-state index contributed by atoms with van der Waals surface area (Å²) in [4.78, 5) is 2.60. The van der Waals surface area contributed by atoms with E-state index in [1.165, 1.54) is 122 Å². The van der Waals surface area contributed by atoms with Crippen LogP contribution in [0.15, 0.2) is 231 Å². The summed E-state index contributed by atoms with van der Waals surface area (Å²) < 4.78 is 0. The van der Waals surface area contributed by atoms with Gasteiger partial charge in [0, 0.05) is 22.4 Å². The van der Waals surface area contributed by atoms with E-state index in [0.29, 0.717) is 0 Å². The van der Waals surface area contributed by atoms with Gasteiger partial charge >= 0.3 is 0 Å². The molecule has 0 saturated heterocycles. The Bertz CT molecular complexity index is 3900. The lowest BCUT2D eigenvalue weighted by molar-refractivity contribution is 0.660. The average molecular weight is 894 g/mol. The molecule has 0 amide bonds. The number of nitrogens with zero attached hydrogens (tertiary/aromatic N) is 1. The van der Waals surface area contributed by atoms with Crippen molar-refractivity contribution in [1.29, 1.82) is 0 Å². The Labute approximate surface area is 411 Å². The quantitative estimate of drug-likeness (QED) is 0.156. The average Bonchev–Trinajstić information content (AvgIpc) is 3.76. The highest BCUT2D eigenvalue weighted by Gasteiger charge is 2.49. The van der Waals surface area contributed by atoms with Gasteiger partial charge in [-0.15, -0.1) is 0 Å². The topological polar surface area (TPSA) is 3.24 Å². The first-order valence-corrected chi connectivity index (χ1v) is 25.0. The van der Waals surface area contributed by atoms with Crippen LogP contribution in [0.3, 0.4) is 0 Å². The van der Waals surface area contributed by atoms with E-state index in [-0.39, 0.29) is 5.41 Å². The molecule has 70 heavy (non-hydrogen) atoms. The molecule has 0 N–H and O–H groups in total. The Morgan fingerprint density at radius 2 is 0.857 bits per heavy atom. The molecule has 0 fully saturated rings. The second-order valence-electron chi connectivity index (χ2n) is 20.3. The van der Waals surface area contributed by atoms with Crippen molar-refractivity contribution in [2.45, 2.75) is 44.4 Å². The van der Waals surface area contributed by atoms with E-state index in [2.05, 4.69) is 256 Å². The van der Waals surface area contributed by atoms with Crippen molar-refractivity contribution in [3.8, 4) is 44.5 Å². The third-order valence-corrected chi connectivity index (χ3v) is 16.3. The molecule has 1 nitrogen and oxygen atoms in total. The molecule has 3 aliphatic carbocycles. The molecule has 0 radical (unpaired) electrons. The van der Waals surface area contributed by atoms with Crippen LogP contribution in [0.25, 0.3) is 66.1 Å². The molecule has 14 rings (SSSR count). The molecule has 332 valence electrons. The maximum Gasteiger partial charge on any atom is 0.0719 e. The Kier molecular flexibility index (Phi) is 8.96. The Balaban J connectivity index is 1.07. The molecule has 0 bridgehead atoms. The number of benzene rings is 11. The molecular weight excluding hydrogens is 843 g/mol. The van der Waals surface area contributed by atoms with E-state index in [9.17, 15) is 0 Å². The SMILES string of the molecule is Cc1cc(-c2cc3ccccc3c3ccccc23)cc(-c2ccccc2)c1N(c1ccc2c(c1)C(C)(C)c1ccccc1-2)c1ccc2c(c1)C1(c3ccccc3CCc3ccccc31)c1ccccc1-2. The minimum atomic E-state index is -0.503. The number of aryl methyl sites for hydroxylation is 3. The van der Waals surface area contributed by atoms with Gasteiger partial charge in [-0.05, 0) is 173 Å². The summed E-state index contributed by atoms with van der Waals surface area (Å²) in [7, 11) is 0. The van der Waals surface area contributed by atoms with E-state index < -0.39 is 5.41 Å². The summed E-state index contributed by atoms with van der Waals surface area (Å²) in [6.07, 6.45) is 2.01. The minimum Gasteiger partial charge on any atom is -0.310 e. The van der Waals surface area contributed by atoms with Gasteiger partial charge < -0.3 is 4.90 Å². The summed E-state index contributed by atoms with van der Waals surface area (Å²) >= 11 is 0.